The molecule has 2 aromatic heterocycles. The summed E-state index contributed by atoms with van der Waals surface area (Å²) in [6.07, 6.45) is 3.17. The summed E-state index contributed by atoms with van der Waals surface area (Å²) in [7, 11) is 0. The first-order chi connectivity index (χ1) is 12.1. The molecule has 1 atom stereocenters. The van der Waals surface area contributed by atoms with Crippen molar-refractivity contribution in [2.45, 2.75) is 38.6 Å². The van der Waals surface area contributed by atoms with E-state index in [2.05, 4.69) is 15.6 Å². The summed E-state index contributed by atoms with van der Waals surface area (Å²) in [5.41, 5.74) is 1.80. The van der Waals surface area contributed by atoms with Gasteiger partial charge in [0.05, 0.1) is 32.6 Å². The molecule has 0 aromatic carbocycles. The molecular formula is C17H18Cl2KN3O3S. The van der Waals surface area contributed by atoms with Crippen LogP contribution in [-0.2, 0) is 16.6 Å². The van der Waals surface area contributed by atoms with Crippen molar-refractivity contribution in [3.63, 3.8) is 0 Å². The molecule has 2 heterocycles. The van der Waals surface area contributed by atoms with Crippen molar-refractivity contribution in [3.8, 4) is 0 Å². The first-order valence-electron chi connectivity index (χ1n) is 7.74. The van der Waals surface area contributed by atoms with Crippen LogP contribution in [-0.4, -0.2) is 23.0 Å². The van der Waals surface area contributed by atoms with Crippen LogP contribution in [0.5, 0.6) is 0 Å². The van der Waals surface area contributed by atoms with E-state index in [0.717, 1.165) is 16.9 Å². The van der Waals surface area contributed by atoms with E-state index in [1.165, 1.54) is 6.20 Å². The van der Waals surface area contributed by atoms with Gasteiger partial charge in [-0.1, -0.05) is 44.0 Å². The van der Waals surface area contributed by atoms with Crippen LogP contribution >= 0.6 is 34.5 Å². The third-order valence-electron chi connectivity index (χ3n) is 3.60. The summed E-state index contributed by atoms with van der Waals surface area (Å²) in [6.45, 7) is 6.07. The molecule has 6 nitrogen and oxygen atoms in total. The average Bonchev–Trinajstić information content (AvgIpc) is 2.83. The molecule has 140 valence electrons. The summed E-state index contributed by atoms with van der Waals surface area (Å²) in [4.78, 5) is 27.6. The molecule has 0 saturated carbocycles. The number of carbonyl (C=O) groups is 2. The summed E-state index contributed by atoms with van der Waals surface area (Å²) >= 11 is 13.0. The van der Waals surface area contributed by atoms with E-state index in [9.17, 15) is 14.7 Å². The number of hydrogen-bond donors (Lipinski definition) is 2. The Labute approximate surface area is 214 Å². The number of carboxylic acid groups (broad SMARTS) is 1. The summed E-state index contributed by atoms with van der Waals surface area (Å²) < 4.78 is 0.821. The van der Waals surface area contributed by atoms with Gasteiger partial charge in [-0.05, 0) is 28.7 Å². The average molecular weight is 454 g/mol. The largest absolute Gasteiger partial charge is 1.00 e. The molecule has 2 aromatic rings. The zero-order valence-electron chi connectivity index (χ0n) is 15.4. The molecule has 1 unspecified atom stereocenters. The molecule has 27 heavy (non-hydrogen) atoms. The van der Waals surface area contributed by atoms with E-state index >= 15 is 0 Å². The number of aliphatic carboxylic acids is 1. The van der Waals surface area contributed by atoms with Gasteiger partial charge < -0.3 is 20.5 Å². The van der Waals surface area contributed by atoms with Crippen molar-refractivity contribution >= 4 is 52.2 Å². The van der Waals surface area contributed by atoms with Crippen molar-refractivity contribution < 1.29 is 66.1 Å². The van der Waals surface area contributed by atoms with Crippen LogP contribution in [0.3, 0.4) is 0 Å². The van der Waals surface area contributed by atoms with Crippen molar-refractivity contribution in [2.75, 3.05) is 5.32 Å². The number of nitrogens with zero attached hydrogens (tertiary/aromatic N) is 1. The van der Waals surface area contributed by atoms with Crippen LogP contribution in [0.2, 0.25) is 8.67 Å². The Morgan fingerprint density at radius 3 is 2.44 bits per heavy atom. The van der Waals surface area contributed by atoms with Crippen molar-refractivity contribution in [3.05, 3.63) is 44.3 Å². The van der Waals surface area contributed by atoms with Gasteiger partial charge in [0.15, 0.2) is 0 Å². The standard InChI is InChI=1S/C17H19Cl2N3O3S.K/c1-17(2,3)10-6-11(8-20-7-10)21-16(25)22-12(15(23)24)4-9-5-13(18)26-14(9)19;/h5-8,12H,4H2,1-3H3,(H,23,24)(H2,21,22,25);/q;+1/p-1. The van der Waals surface area contributed by atoms with E-state index < -0.39 is 18.0 Å². The number of amides is 2. The van der Waals surface area contributed by atoms with Gasteiger partial charge in [-0.25, -0.2) is 4.79 Å². The topological polar surface area (TPSA) is 94.2 Å². The van der Waals surface area contributed by atoms with Gasteiger partial charge in [-0.3, -0.25) is 4.98 Å². The van der Waals surface area contributed by atoms with Crippen LogP contribution < -0.4 is 67.1 Å². The summed E-state index contributed by atoms with van der Waals surface area (Å²) in [6, 6.07) is 1.43. The van der Waals surface area contributed by atoms with Crippen molar-refractivity contribution in [1.29, 1.82) is 0 Å². The molecule has 0 radical (unpaired) electrons. The monoisotopic (exact) mass is 453 g/mol. The van der Waals surface area contributed by atoms with E-state index in [1.807, 2.05) is 20.8 Å². The molecule has 2 rings (SSSR count). The minimum absolute atomic E-state index is 0. The fourth-order valence-electron chi connectivity index (χ4n) is 2.17. The van der Waals surface area contributed by atoms with E-state index in [4.69, 9.17) is 23.2 Å². The predicted octanol–water partition coefficient (Wildman–Crippen LogP) is 0.234. The Balaban J connectivity index is 0.00000364. The maximum absolute atomic E-state index is 12.2. The van der Waals surface area contributed by atoms with Gasteiger partial charge in [0.25, 0.3) is 0 Å². The molecule has 0 spiro atoms. The van der Waals surface area contributed by atoms with Crippen LogP contribution in [0.15, 0.2) is 24.5 Å². The molecule has 0 bridgehead atoms. The summed E-state index contributed by atoms with van der Waals surface area (Å²) in [5, 5.41) is 16.3. The van der Waals surface area contributed by atoms with E-state index in [1.54, 1.807) is 18.3 Å². The Morgan fingerprint density at radius 2 is 1.93 bits per heavy atom. The molecule has 0 fully saturated rings. The zero-order valence-corrected chi connectivity index (χ0v) is 20.9. The first-order valence-corrected chi connectivity index (χ1v) is 9.31. The van der Waals surface area contributed by atoms with E-state index in [-0.39, 0.29) is 63.2 Å². The third kappa shape index (κ3) is 7.62. The molecule has 10 heteroatoms. The SMILES string of the molecule is CC(C)(C)c1cncc(NC(=O)NC(Cc2cc(Cl)sc2Cl)C(=O)[O-])c1.[K+]. The Kier molecular flexibility index (Phi) is 9.70. The fraction of sp³-hybridized carbons (Fsp3) is 0.353. The molecular weight excluding hydrogens is 436 g/mol. The number of halogens is 2. The number of urea groups is 1. The van der Waals surface area contributed by atoms with Gasteiger partial charge in [-0.15, -0.1) is 11.3 Å². The normalized spacial score (nSPS) is 12.0. The Bertz CT molecular complexity index is 824. The quantitative estimate of drug-likeness (QED) is 0.633. The minimum Gasteiger partial charge on any atom is -0.548 e. The number of aromatic nitrogens is 1. The number of hydrogen-bond acceptors (Lipinski definition) is 5. The number of carbonyl (C=O) groups excluding carboxylic acids is 2. The van der Waals surface area contributed by atoms with Crippen molar-refractivity contribution in [2.24, 2.45) is 0 Å². The van der Waals surface area contributed by atoms with E-state index in [0.29, 0.717) is 19.9 Å². The van der Waals surface area contributed by atoms with Crippen molar-refractivity contribution in [1.82, 2.24) is 10.3 Å². The van der Waals surface area contributed by atoms with Crippen LogP contribution in [0.25, 0.3) is 0 Å². The smallest absolute Gasteiger partial charge is 0.548 e. The molecule has 0 aliphatic rings. The Hall–Kier alpha value is -0.194. The van der Waals surface area contributed by atoms with Gasteiger partial charge in [0.1, 0.15) is 0 Å². The van der Waals surface area contributed by atoms with Crippen LogP contribution in [0.4, 0.5) is 10.5 Å². The van der Waals surface area contributed by atoms with Crippen LogP contribution in [0.1, 0.15) is 31.9 Å². The zero-order chi connectivity index (χ0) is 19.5. The number of carboxylic acids is 1. The van der Waals surface area contributed by atoms with Gasteiger partial charge in [-0.2, -0.15) is 0 Å². The second-order valence-electron chi connectivity index (χ2n) is 6.74. The molecule has 0 aliphatic heterocycles. The fourth-order valence-corrected chi connectivity index (χ4v) is 3.68. The number of thiophene rings is 1. The number of nitrogens with one attached hydrogen (secondary N) is 2. The number of anilines is 1. The van der Waals surface area contributed by atoms with Crippen LogP contribution in [0, 0.1) is 0 Å². The molecule has 0 saturated heterocycles. The predicted molar refractivity (Wildman–Crippen MR) is 102 cm³/mol. The minimum atomic E-state index is -1.42. The molecule has 2 N–H and O–H groups in total. The number of rotatable bonds is 5. The number of pyridine rings is 1. The maximum atomic E-state index is 12.2. The summed E-state index contributed by atoms with van der Waals surface area (Å²) in [5.74, 6) is -1.42. The third-order valence-corrected chi connectivity index (χ3v) is 5.17. The second kappa shape index (κ2) is 10.5. The van der Waals surface area contributed by atoms with Gasteiger partial charge >= 0.3 is 57.4 Å². The van der Waals surface area contributed by atoms with Gasteiger partial charge in [0, 0.05) is 12.6 Å². The Morgan fingerprint density at radius 1 is 1.26 bits per heavy atom. The van der Waals surface area contributed by atoms with Gasteiger partial charge in [0.2, 0.25) is 0 Å². The first kappa shape index (κ1) is 24.8. The second-order valence-corrected chi connectivity index (χ2v) is 9.02. The molecule has 0 aliphatic carbocycles. The maximum Gasteiger partial charge on any atom is 1.00 e. The molecule has 2 amide bonds.